The number of hydrogen-bond donors (Lipinski definition) is 2. The molecule has 3 aromatic rings. The van der Waals surface area contributed by atoms with Crippen molar-refractivity contribution in [2.75, 3.05) is 12.4 Å². The van der Waals surface area contributed by atoms with E-state index in [9.17, 15) is 13.2 Å². The van der Waals surface area contributed by atoms with Crippen LogP contribution in [0.4, 0.5) is 0 Å². The average molecular weight is 410 g/mol. The fourth-order valence-electron chi connectivity index (χ4n) is 2.91. The summed E-state index contributed by atoms with van der Waals surface area (Å²) in [7, 11) is -3.44. The number of rotatable bonds is 9. The summed E-state index contributed by atoms with van der Waals surface area (Å²) in [5, 5.41) is 1.68. The van der Waals surface area contributed by atoms with Gasteiger partial charge in [-0.1, -0.05) is 60.7 Å². The molecule has 0 spiro atoms. The first-order valence-electron chi connectivity index (χ1n) is 9.08. The van der Waals surface area contributed by atoms with Crippen LogP contribution in [-0.2, 0) is 21.2 Å². The fraction of sp³-hybridized carbons (Fsp3) is 0.136. The Bertz CT molecular complexity index is 1130. The Morgan fingerprint density at radius 1 is 0.966 bits per heavy atom. The summed E-state index contributed by atoms with van der Waals surface area (Å²) in [6.45, 7) is -0.208. The summed E-state index contributed by atoms with van der Waals surface area (Å²) in [5.74, 6) is -0.00917. The molecule has 0 heterocycles. The van der Waals surface area contributed by atoms with Gasteiger partial charge in [-0.3, -0.25) is 9.52 Å². The summed E-state index contributed by atoms with van der Waals surface area (Å²) in [6.07, 6.45) is 3.56. The monoisotopic (exact) mass is 410 g/mol. The van der Waals surface area contributed by atoms with Gasteiger partial charge in [0, 0.05) is 11.6 Å². The van der Waals surface area contributed by atoms with E-state index in [0.29, 0.717) is 12.2 Å². The Hall–Kier alpha value is -3.32. The molecule has 0 bridgehead atoms. The van der Waals surface area contributed by atoms with Crippen molar-refractivity contribution in [3.63, 3.8) is 0 Å². The number of ether oxygens (including phenoxy) is 1. The molecule has 1 amide bonds. The lowest BCUT2D eigenvalue weighted by molar-refractivity contribution is -0.119. The van der Waals surface area contributed by atoms with Gasteiger partial charge in [0.15, 0.2) is 6.61 Å². The van der Waals surface area contributed by atoms with E-state index in [4.69, 9.17) is 10.5 Å². The van der Waals surface area contributed by atoms with Gasteiger partial charge < -0.3 is 10.5 Å². The summed E-state index contributed by atoms with van der Waals surface area (Å²) in [6, 6.07) is 20.5. The first-order valence-corrected chi connectivity index (χ1v) is 10.7. The number of aryl methyl sites for hydroxylation is 1. The highest BCUT2D eigenvalue weighted by atomic mass is 32.2. The maximum absolute atomic E-state index is 12.2. The third kappa shape index (κ3) is 5.83. The molecule has 29 heavy (non-hydrogen) atoms. The molecular weight excluding hydrogens is 388 g/mol. The molecule has 3 rings (SSSR count). The zero-order valence-corrected chi connectivity index (χ0v) is 16.6. The molecule has 0 aliphatic carbocycles. The molecule has 3 N–H and O–H groups in total. The minimum atomic E-state index is -3.44. The van der Waals surface area contributed by atoms with E-state index in [2.05, 4.69) is 4.72 Å². The number of amides is 1. The normalized spacial score (nSPS) is 11.6. The Balaban J connectivity index is 1.71. The molecule has 6 nitrogen and oxygen atoms in total. The van der Waals surface area contributed by atoms with Crippen LogP contribution in [0.2, 0.25) is 0 Å². The van der Waals surface area contributed by atoms with Gasteiger partial charge in [0.1, 0.15) is 5.75 Å². The minimum Gasteiger partial charge on any atom is -0.483 e. The molecule has 0 aromatic heterocycles. The summed E-state index contributed by atoms with van der Waals surface area (Å²) in [4.78, 5) is 11.0. The lowest BCUT2D eigenvalue weighted by atomic mass is 10.0. The fourth-order valence-corrected chi connectivity index (χ4v) is 3.81. The molecule has 3 aromatic carbocycles. The molecule has 0 saturated heterocycles. The highest BCUT2D eigenvalue weighted by Gasteiger charge is 2.09. The van der Waals surface area contributed by atoms with E-state index in [1.54, 1.807) is 18.2 Å². The van der Waals surface area contributed by atoms with Gasteiger partial charge in [-0.05, 0) is 35.1 Å². The Morgan fingerprint density at radius 2 is 1.69 bits per heavy atom. The van der Waals surface area contributed by atoms with Crippen LogP contribution >= 0.6 is 0 Å². The van der Waals surface area contributed by atoms with Crippen molar-refractivity contribution in [3.05, 3.63) is 84.1 Å². The first kappa shape index (κ1) is 20.4. The molecule has 0 saturated carbocycles. The van der Waals surface area contributed by atoms with E-state index in [-0.39, 0.29) is 12.4 Å². The first-order chi connectivity index (χ1) is 13.9. The van der Waals surface area contributed by atoms with Crippen LogP contribution in [0.1, 0.15) is 11.1 Å². The number of carbonyl (C=O) groups is 1. The lowest BCUT2D eigenvalue weighted by Crippen LogP contribution is -2.22. The maximum Gasteiger partial charge on any atom is 0.255 e. The lowest BCUT2D eigenvalue weighted by Gasteiger charge is -2.09. The second-order valence-corrected chi connectivity index (χ2v) is 8.33. The molecule has 0 fully saturated rings. The third-order valence-electron chi connectivity index (χ3n) is 4.30. The van der Waals surface area contributed by atoms with Crippen LogP contribution < -0.4 is 15.2 Å². The molecular formula is C22H22N2O4S. The second-order valence-electron chi connectivity index (χ2n) is 6.46. The zero-order valence-electron chi connectivity index (χ0n) is 15.7. The maximum atomic E-state index is 12.2. The predicted octanol–water partition coefficient (Wildman–Crippen LogP) is 2.84. The highest BCUT2D eigenvalue weighted by molar-refractivity contribution is 7.89. The standard InChI is InChI=1S/C22H22N2O4S/c23-22(25)16-28-21-11-5-9-19-18(8-4-10-20(19)21)12-14-24-29(26,27)15-13-17-6-2-1-3-7-17/h1-12,14,24H,13,15-16H2,(H2,23,25). The third-order valence-corrected chi connectivity index (χ3v) is 5.54. The number of benzene rings is 3. The molecule has 0 atom stereocenters. The van der Waals surface area contributed by atoms with Crippen LogP contribution in [-0.4, -0.2) is 26.7 Å². The number of carbonyl (C=O) groups excluding carboxylic acids is 1. The number of sulfonamides is 1. The smallest absolute Gasteiger partial charge is 0.255 e. The van der Waals surface area contributed by atoms with Gasteiger partial charge in [-0.2, -0.15) is 0 Å². The second kappa shape index (κ2) is 9.25. The number of primary amides is 1. The van der Waals surface area contributed by atoms with Crippen molar-refractivity contribution in [2.45, 2.75) is 6.42 Å². The van der Waals surface area contributed by atoms with Crippen LogP contribution in [0.3, 0.4) is 0 Å². The van der Waals surface area contributed by atoms with Gasteiger partial charge in [0.25, 0.3) is 5.91 Å². The topological polar surface area (TPSA) is 98.5 Å². The number of fused-ring (bicyclic) bond motifs is 1. The molecule has 0 aliphatic heterocycles. The number of nitrogens with one attached hydrogen (secondary N) is 1. The quantitative estimate of drug-likeness (QED) is 0.567. The Labute approximate surface area is 170 Å². The van der Waals surface area contributed by atoms with Crippen molar-refractivity contribution in [3.8, 4) is 5.75 Å². The van der Waals surface area contributed by atoms with Crippen molar-refractivity contribution >= 4 is 32.8 Å². The molecule has 0 radical (unpaired) electrons. The van der Waals surface area contributed by atoms with Gasteiger partial charge in [0.2, 0.25) is 10.0 Å². The van der Waals surface area contributed by atoms with Crippen molar-refractivity contribution in [2.24, 2.45) is 5.73 Å². The molecule has 150 valence electrons. The van der Waals surface area contributed by atoms with E-state index >= 15 is 0 Å². The van der Waals surface area contributed by atoms with Crippen molar-refractivity contribution in [1.29, 1.82) is 0 Å². The van der Waals surface area contributed by atoms with Gasteiger partial charge in [-0.25, -0.2) is 8.42 Å². The van der Waals surface area contributed by atoms with Gasteiger partial charge in [-0.15, -0.1) is 0 Å². The summed E-state index contributed by atoms with van der Waals surface area (Å²) < 4.78 is 32.4. The van der Waals surface area contributed by atoms with Crippen LogP contribution in [0.5, 0.6) is 5.75 Å². The SMILES string of the molecule is NC(=O)COc1cccc2c(C=CNS(=O)(=O)CCc3ccccc3)cccc12. The van der Waals surface area contributed by atoms with Gasteiger partial charge in [0.05, 0.1) is 5.75 Å². The Kier molecular flexibility index (Phi) is 6.51. The largest absolute Gasteiger partial charge is 0.483 e. The average Bonchev–Trinajstić information content (AvgIpc) is 2.71. The molecule has 0 aliphatic rings. The van der Waals surface area contributed by atoms with E-state index < -0.39 is 15.9 Å². The van der Waals surface area contributed by atoms with E-state index in [1.807, 2.05) is 54.6 Å². The minimum absolute atomic E-state index is 0.00198. The van der Waals surface area contributed by atoms with Crippen LogP contribution in [0.25, 0.3) is 16.8 Å². The zero-order chi connectivity index (χ0) is 20.7. The van der Waals surface area contributed by atoms with E-state index in [1.165, 1.54) is 6.20 Å². The van der Waals surface area contributed by atoms with Crippen LogP contribution in [0, 0.1) is 0 Å². The molecule has 7 heteroatoms. The number of nitrogens with two attached hydrogens (primary N) is 1. The summed E-state index contributed by atoms with van der Waals surface area (Å²) in [5.41, 5.74) is 6.93. The van der Waals surface area contributed by atoms with E-state index in [0.717, 1.165) is 21.9 Å². The predicted molar refractivity (Wildman–Crippen MR) is 115 cm³/mol. The Morgan fingerprint density at radius 3 is 2.45 bits per heavy atom. The number of hydrogen-bond acceptors (Lipinski definition) is 4. The van der Waals surface area contributed by atoms with Gasteiger partial charge >= 0.3 is 0 Å². The van der Waals surface area contributed by atoms with Crippen molar-refractivity contribution in [1.82, 2.24) is 4.72 Å². The van der Waals surface area contributed by atoms with Crippen LogP contribution in [0.15, 0.2) is 72.9 Å². The highest BCUT2D eigenvalue weighted by Crippen LogP contribution is 2.28. The summed E-state index contributed by atoms with van der Waals surface area (Å²) >= 11 is 0. The molecule has 0 unspecified atom stereocenters. The van der Waals surface area contributed by atoms with Crippen molar-refractivity contribution < 1.29 is 17.9 Å².